The average Bonchev–Trinajstić information content (AvgIpc) is 3.00. The molecule has 3 rings (SSSR count). The second kappa shape index (κ2) is 7.15. The van der Waals surface area contributed by atoms with E-state index in [0.29, 0.717) is 0 Å². The monoisotopic (exact) mass is 330 g/mol. The number of carbonyl (C=O) groups is 1. The Morgan fingerprint density at radius 3 is 2.79 bits per heavy atom. The Balaban J connectivity index is 1.65. The Labute approximate surface area is 142 Å². The average molecular weight is 330 g/mol. The van der Waals surface area contributed by atoms with Crippen molar-refractivity contribution in [3.63, 3.8) is 0 Å². The van der Waals surface area contributed by atoms with Crippen LogP contribution in [-0.2, 0) is 11.8 Å². The molecular weight excluding hydrogens is 304 g/mol. The molecule has 0 saturated carbocycles. The zero-order chi connectivity index (χ0) is 17.1. The maximum Gasteiger partial charge on any atom is 0.225 e. The summed E-state index contributed by atoms with van der Waals surface area (Å²) in [5, 5.41) is 5.25. The predicted molar refractivity (Wildman–Crippen MR) is 93.8 cm³/mol. The summed E-state index contributed by atoms with van der Waals surface area (Å²) in [6.07, 6.45) is 7.35. The zero-order valence-corrected chi connectivity index (χ0v) is 14.8. The number of amides is 1. The first kappa shape index (κ1) is 16.7. The Morgan fingerprint density at radius 2 is 2.08 bits per heavy atom. The van der Waals surface area contributed by atoms with Crippen LogP contribution in [-0.4, -0.2) is 57.2 Å². The molecule has 0 atom stereocenters. The summed E-state index contributed by atoms with van der Waals surface area (Å²) >= 11 is 0. The number of aromatic nitrogens is 4. The van der Waals surface area contributed by atoms with Gasteiger partial charge in [-0.3, -0.25) is 9.48 Å². The van der Waals surface area contributed by atoms with Crippen molar-refractivity contribution in [2.75, 3.05) is 31.6 Å². The lowest BCUT2D eigenvalue weighted by atomic mass is 9.95. The van der Waals surface area contributed by atoms with Gasteiger partial charge in [-0.05, 0) is 19.3 Å². The van der Waals surface area contributed by atoms with Gasteiger partial charge in [0.05, 0.1) is 11.6 Å². The Kier molecular flexibility index (Phi) is 4.97. The molecule has 0 unspecified atom stereocenters. The van der Waals surface area contributed by atoms with Gasteiger partial charge in [0.15, 0.2) is 5.65 Å². The SMILES string of the molecule is CCCCN(C)C(=O)C1CCN(c2ncnc3c2cnn3C)CC1. The van der Waals surface area contributed by atoms with Crippen LogP contribution in [0.25, 0.3) is 11.0 Å². The van der Waals surface area contributed by atoms with E-state index in [2.05, 4.69) is 26.9 Å². The Bertz CT molecular complexity index is 704. The minimum Gasteiger partial charge on any atom is -0.356 e. The number of aryl methyl sites for hydroxylation is 1. The molecule has 0 spiro atoms. The van der Waals surface area contributed by atoms with Gasteiger partial charge in [-0.1, -0.05) is 13.3 Å². The molecular formula is C17H26N6O. The van der Waals surface area contributed by atoms with Gasteiger partial charge >= 0.3 is 0 Å². The van der Waals surface area contributed by atoms with E-state index in [9.17, 15) is 4.79 Å². The van der Waals surface area contributed by atoms with Gasteiger partial charge in [-0.2, -0.15) is 5.10 Å². The van der Waals surface area contributed by atoms with Gasteiger partial charge in [0.2, 0.25) is 5.91 Å². The first-order chi connectivity index (χ1) is 11.6. The minimum absolute atomic E-state index is 0.134. The predicted octanol–water partition coefficient (Wildman–Crippen LogP) is 1.84. The number of hydrogen-bond donors (Lipinski definition) is 0. The van der Waals surface area contributed by atoms with Gasteiger partial charge in [0.25, 0.3) is 0 Å². The van der Waals surface area contributed by atoms with Gasteiger partial charge < -0.3 is 9.80 Å². The highest BCUT2D eigenvalue weighted by atomic mass is 16.2. The lowest BCUT2D eigenvalue weighted by Gasteiger charge is -2.34. The van der Waals surface area contributed by atoms with E-state index in [4.69, 9.17) is 0 Å². The summed E-state index contributed by atoms with van der Waals surface area (Å²) in [4.78, 5) is 25.4. The highest BCUT2D eigenvalue weighted by molar-refractivity contribution is 5.87. The number of anilines is 1. The maximum absolute atomic E-state index is 12.5. The molecule has 1 fully saturated rings. The standard InChI is InChI=1S/C17H26N6O/c1-4-5-8-21(2)17(24)13-6-9-23(10-7-13)16-14-11-20-22(3)15(14)18-12-19-16/h11-13H,4-10H2,1-3H3. The van der Waals surface area contributed by atoms with Gasteiger partial charge in [-0.15, -0.1) is 0 Å². The first-order valence-corrected chi connectivity index (χ1v) is 8.74. The van der Waals surface area contributed by atoms with E-state index >= 15 is 0 Å². The van der Waals surface area contributed by atoms with Crippen LogP contribution < -0.4 is 4.90 Å². The van der Waals surface area contributed by atoms with Crippen molar-refractivity contribution in [3.8, 4) is 0 Å². The summed E-state index contributed by atoms with van der Waals surface area (Å²) in [6.45, 7) is 4.70. The summed E-state index contributed by atoms with van der Waals surface area (Å²) in [5.74, 6) is 1.35. The highest BCUT2D eigenvalue weighted by Crippen LogP contribution is 2.27. The van der Waals surface area contributed by atoms with Crippen LogP contribution in [0.1, 0.15) is 32.6 Å². The highest BCUT2D eigenvalue weighted by Gasteiger charge is 2.28. The number of carbonyl (C=O) groups excluding carboxylic acids is 1. The fourth-order valence-corrected chi connectivity index (χ4v) is 3.36. The van der Waals surface area contributed by atoms with Crippen molar-refractivity contribution in [2.45, 2.75) is 32.6 Å². The van der Waals surface area contributed by atoms with E-state index in [1.54, 1.807) is 11.0 Å². The van der Waals surface area contributed by atoms with Crippen molar-refractivity contribution >= 4 is 22.8 Å². The summed E-state index contributed by atoms with van der Waals surface area (Å²) < 4.78 is 1.76. The molecule has 7 nitrogen and oxygen atoms in total. The van der Waals surface area contributed by atoms with Crippen LogP contribution in [0.2, 0.25) is 0 Å². The van der Waals surface area contributed by atoms with Crippen LogP contribution >= 0.6 is 0 Å². The molecule has 1 amide bonds. The number of hydrogen-bond acceptors (Lipinski definition) is 5. The van der Waals surface area contributed by atoms with Crippen LogP contribution in [0.5, 0.6) is 0 Å². The molecule has 1 aliphatic heterocycles. The molecule has 2 aromatic heterocycles. The third-order valence-electron chi connectivity index (χ3n) is 4.88. The van der Waals surface area contributed by atoms with E-state index in [0.717, 1.165) is 62.2 Å². The van der Waals surface area contributed by atoms with E-state index in [1.165, 1.54) is 0 Å². The first-order valence-electron chi connectivity index (χ1n) is 8.74. The molecule has 0 bridgehead atoms. The number of rotatable bonds is 5. The normalized spacial score (nSPS) is 15.9. The molecule has 1 aliphatic rings. The van der Waals surface area contributed by atoms with E-state index in [1.807, 2.05) is 25.2 Å². The lowest BCUT2D eigenvalue weighted by molar-refractivity contribution is -0.134. The largest absolute Gasteiger partial charge is 0.356 e. The van der Waals surface area contributed by atoms with Gasteiger partial charge in [0.1, 0.15) is 12.1 Å². The summed E-state index contributed by atoms with van der Waals surface area (Å²) in [5.41, 5.74) is 0.845. The van der Waals surface area contributed by atoms with Crippen LogP contribution in [0, 0.1) is 5.92 Å². The number of piperidine rings is 1. The maximum atomic E-state index is 12.5. The molecule has 1 saturated heterocycles. The molecule has 7 heteroatoms. The zero-order valence-electron chi connectivity index (χ0n) is 14.8. The second-order valence-electron chi connectivity index (χ2n) is 6.58. The molecule has 3 heterocycles. The third kappa shape index (κ3) is 3.20. The molecule has 130 valence electrons. The molecule has 0 aromatic carbocycles. The molecule has 0 N–H and O–H groups in total. The van der Waals surface area contributed by atoms with Crippen molar-refractivity contribution in [2.24, 2.45) is 13.0 Å². The quantitative estimate of drug-likeness (QED) is 0.837. The topological polar surface area (TPSA) is 67.2 Å². The van der Waals surface area contributed by atoms with E-state index in [-0.39, 0.29) is 11.8 Å². The number of fused-ring (bicyclic) bond motifs is 1. The molecule has 24 heavy (non-hydrogen) atoms. The van der Waals surface area contributed by atoms with Crippen LogP contribution in [0.3, 0.4) is 0 Å². The number of unbranched alkanes of at least 4 members (excludes halogenated alkanes) is 1. The molecule has 0 radical (unpaired) electrons. The van der Waals surface area contributed by atoms with Crippen molar-refractivity contribution < 1.29 is 4.79 Å². The van der Waals surface area contributed by atoms with Crippen molar-refractivity contribution in [1.82, 2.24) is 24.6 Å². The smallest absolute Gasteiger partial charge is 0.225 e. The lowest BCUT2D eigenvalue weighted by Crippen LogP contribution is -2.41. The van der Waals surface area contributed by atoms with Crippen molar-refractivity contribution in [3.05, 3.63) is 12.5 Å². The van der Waals surface area contributed by atoms with Crippen molar-refractivity contribution in [1.29, 1.82) is 0 Å². The minimum atomic E-state index is 0.134. The summed E-state index contributed by atoms with van der Waals surface area (Å²) in [6, 6.07) is 0. The van der Waals surface area contributed by atoms with Gasteiger partial charge in [-0.25, -0.2) is 9.97 Å². The Morgan fingerprint density at radius 1 is 1.33 bits per heavy atom. The molecule has 2 aromatic rings. The van der Waals surface area contributed by atoms with Crippen LogP contribution in [0.4, 0.5) is 5.82 Å². The second-order valence-corrected chi connectivity index (χ2v) is 6.58. The fraction of sp³-hybridized carbons (Fsp3) is 0.647. The summed E-state index contributed by atoms with van der Waals surface area (Å²) in [7, 11) is 3.81. The number of nitrogens with zero attached hydrogens (tertiary/aromatic N) is 6. The van der Waals surface area contributed by atoms with Crippen LogP contribution in [0.15, 0.2) is 12.5 Å². The van der Waals surface area contributed by atoms with Gasteiger partial charge in [0, 0.05) is 39.6 Å². The molecule has 0 aliphatic carbocycles. The third-order valence-corrected chi connectivity index (χ3v) is 4.88. The fourth-order valence-electron chi connectivity index (χ4n) is 3.36. The Hall–Kier alpha value is -2.18. The van der Waals surface area contributed by atoms with E-state index < -0.39 is 0 Å².